The van der Waals surface area contributed by atoms with Crippen LogP contribution in [0.5, 0.6) is 11.5 Å². The lowest BCUT2D eigenvalue weighted by Crippen LogP contribution is -2.33. The summed E-state index contributed by atoms with van der Waals surface area (Å²) in [5, 5.41) is 2.73. The minimum atomic E-state index is -3.55. The van der Waals surface area contributed by atoms with Gasteiger partial charge in [0.25, 0.3) is 0 Å². The first kappa shape index (κ1) is 19.6. The predicted molar refractivity (Wildman–Crippen MR) is 101 cm³/mol. The third kappa shape index (κ3) is 5.13. The summed E-state index contributed by atoms with van der Waals surface area (Å²) in [6.07, 6.45) is 1.09. The molecule has 0 aliphatic heterocycles. The van der Waals surface area contributed by atoms with Gasteiger partial charge in [-0.05, 0) is 24.3 Å². The lowest BCUT2D eigenvalue weighted by molar-refractivity contribution is -0.116. The van der Waals surface area contributed by atoms with E-state index in [1.807, 2.05) is 0 Å². The van der Waals surface area contributed by atoms with E-state index >= 15 is 0 Å². The number of amides is 1. The molecule has 0 fully saturated rings. The molecule has 2 aromatic carbocycles. The normalized spacial score (nSPS) is 10.9. The van der Waals surface area contributed by atoms with Gasteiger partial charge in [-0.15, -0.1) is 0 Å². The van der Waals surface area contributed by atoms with Crippen molar-refractivity contribution in [3.05, 3.63) is 48.5 Å². The van der Waals surface area contributed by atoms with E-state index in [9.17, 15) is 13.2 Å². The number of rotatable bonds is 8. The smallest absolute Gasteiger partial charge is 0.232 e. The predicted octanol–water partition coefficient (Wildman–Crippen LogP) is 2.50. The number of nitrogens with one attached hydrogen (secondary N) is 1. The third-order valence-electron chi connectivity index (χ3n) is 3.66. The molecule has 2 rings (SSSR count). The van der Waals surface area contributed by atoms with Crippen LogP contribution in [0.25, 0.3) is 0 Å². The lowest BCUT2D eigenvalue weighted by atomic mass is 10.2. The molecule has 0 bridgehead atoms. The number of para-hydroxylation sites is 2. The highest BCUT2D eigenvalue weighted by atomic mass is 32.2. The van der Waals surface area contributed by atoms with Crippen molar-refractivity contribution in [2.45, 2.75) is 6.42 Å². The Labute approximate surface area is 153 Å². The summed E-state index contributed by atoms with van der Waals surface area (Å²) in [5.41, 5.74) is 0.976. The van der Waals surface area contributed by atoms with Gasteiger partial charge >= 0.3 is 0 Å². The van der Waals surface area contributed by atoms with Crippen molar-refractivity contribution >= 4 is 27.3 Å². The van der Waals surface area contributed by atoms with E-state index in [0.717, 1.165) is 6.26 Å². The Morgan fingerprint density at radius 3 is 2.46 bits per heavy atom. The molecular weight excluding hydrogens is 356 g/mol. The molecule has 0 atom stereocenters. The van der Waals surface area contributed by atoms with Gasteiger partial charge in [-0.1, -0.05) is 18.2 Å². The molecule has 2 aromatic rings. The average Bonchev–Trinajstić information content (AvgIpc) is 2.61. The summed E-state index contributed by atoms with van der Waals surface area (Å²) in [6.45, 7) is 0.00693. The van der Waals surface area contributed by atoms with Gasteiger partial charge in [-0.25, -0.2) is 8.42 Å². The van der Waals surface area contributed by atoms with Gasteiger partial charge in [0, 0.05) is 19.0 Å². The Balaban J connectivity index is 2.11. The molecule has 140 valence electrons. The number of nitrogens with zero attached hydrogens (tertiary/aromatic N) is 1. The van der Waals surface area contributed by atoms with Gasteiger partial charge in [-0.2, -0.15) is 0 Å². The van der Waals surface area contributed by atoms with Crippen LogP contribution in [0.2, 0.25) is 0 Å². The highest BCUT2D eigenvalue weighted by Gasteiger charge is 2.19. The number of methoxy groups -OCH3 is 2. The molecule has 1 amide bonds. The number of ether oxygens (including phenoxy) is 2. The number of benzene rings is 2. The molecule has 0 aromatic heterocycles. The second-order valence-corrected chi connectivity index (χ2v) is 7.44. The van der Waals surface area contributed by atoms with Crippen LogP contribution in [0.4, 0.5) is 11.4 Å². The van der Waals surface area contributed by atoms with Gasteiger partial charge in [0.05, 0.1) is 31.9 Å². The quantitative estimate of drug-likeness (QED) is 0.763. The van der Waals surface area contributed by atoms with E-state index in [0.29, 0.717) is 22.9 Å². The first-order chi connectivity index (χ1) is 12.3. The molecule has 26 heavy (non-hydrogen) atoms. The fraction of sp³-hybridized carbons (Fsp3) is 0.278. The van der Waals surface area contributed by atoms with Crippen molar-refractivity contribution in [1.29, 1.82) is 0 Å². The summed E-state index contributed by atoms with van der Waals surface area (Å²) in [6, 6.07) is 13.7. The monoisotopic (exact) mass is 378 g/mol. The van der Waals surface area contributed by atoms with E-state index in [1.54, 1.807) is 48.5 Å². The van der Waals surface area contributed by atoms with Gasteiger partial charge in [0.2, 0.25) is 15.9 Å². The molecule has 8 heteroatoms. The van der Waals surface area contributed by atoms with Crippen LogP contribution < -0.4 is 19.1 Å². The van der Waals surface area contributed by atoms with Crippen molar-refractivity contribution in [2.75, 3.05) is 36.6 Å². The van der Waals surface area contributed by atoms with Gasteiger partial charge in [0.1, 0.15) is 11.5 Å². The average molecular weight is 378 g/mol. The van der Waals surface area contributed by atoms with E-state index in [-0.39, 0.29) is 18.9 Å². The highest BCUT2D eigenvalue weighted by molar-refractivity contribution is 7.92. The molecule has 7 nitrogen and oxygen atoms in total. The summed E-state index contributed by atoms with van der Waals surface area (Å²) in [5.74, 6) is 0.759. The van der Waals surface area contributed by atoms with Gasteiger partial charge in [-0.3, -0.25) is 9.10 Å². The second kappa shape index (κ2) is 8.57. The summed E-state index contributed by atoms with van der Waals surface area (Å²) >= 11 is 0. The minimum Gasteiger partial charge on any atom is -0.497 e. The zero-order chi connectivity index (χ0) is 19.2. The number of carbonyl (C=O) groups excluding carboxylic acids is 1. The number of sulfonamides is 1. The zero-order valence-electron chi connectivity index (χ0n) is 14.9. The Morgan fingerprint density at radius 2 is 1.81 bits per heavy atom. The third-order valence-corrected chi connectivity index (χ3v) is 4.86. The van der Waals surface area contributed by atoms with E-state index < -0.39 is 10.0 Å². The molecule has 0 saturated heterocycles. The van der Waals surface area contributed by atoms with Crippen LogP contribution in [-0.4, -0.2) is 41.3 Å². The number of carbonyl (C=O) groups is 1. The Morgan fingerprint density at radius 1 is 1.08 bits per heavy atom. The van der Waals surface area contributed by atoms with Crippen LogP contribution in [0, 0.1) is 0 Å². The highest BCUT2D eigenvalue weighted by Crippen LogP contribution is 2.25. The van der Waals surface area contributed by atoms with Crippen LogP contribution in [0.1, 0.15) is 6.42 Å². The van der Waals surface area contributed by atoms with Crippen molar-refractivity contribution in [1.82, 2.24) is 0 Å². The van der Waals surface area contributed by atoms with E-state index in [2.05, 4.69) is 5.32 Å². The van der Waals surface area contributed by atoms with Crippen LogP contribution in [0.15, 0.2) is 48.5 Å². The number of hydrogen-bond acceptors (Lipinski definition) is 5. The number of anilines is 2. The molecular formula is C18H22N2O5S. The summed E-state index contributed by atoms with van der Waals surface area (Å²) in [7, 11) is -0.534. The molecule has 0 aliphatic carbocycles. The standard InChI is InChI=1S/C18H22N2O5S/c1-24-15-8-6-7-14(13-15)20(26(3,22)23)12-11-18(21)19-16-9-4-5-10-17(16)25-2/h4-10,13H,11-12H2,1-3H3,(H,19,21). The summed E-state index contributed by atoms with van der Waals surface area (Å²) < 4.78 is 35.8. The summed E-state index contributed by atoms with van der Waals surface area (Å²) in [4.78, 5) is 12.3. The second-order valence-electron chi connectivity index (χ2n) is 5.54. The molecule has 0 radical (unpaired) electrons. The first-order valence-corrected chi connectivity index (χ1v) is 9.74. The lowest BCUT2D eigenvalue weighted by Gasteiger charge is -2.22. The maximum absolute atomic E-state index is 12.3. The van der Waals surface area contributed by atoms with E-state index in [4.69, 9.17) is 9.47 Å². The SMILES string of the molecule is COc1cccc(N(CCC(=O)Nc2ccccc2OC)S(C)(=O)=O)c1. The van der Waals surface area contributed by atoms with Crippen LogP contribution in [-0.2, 0) is 14.8 Å². The fourth-order valence-electron chi connectivity index (χ4n) is 2.42. The van der Waals surface area contributed by atoms with Crippen LogP contribution >= 0.6 is 0 Å². The van der Waals surface area contributed by atoms with Crippen molar-refractivity contribution in [3.8, 4) is 11.5 Å². The molecule has 0 heterocycles. The van der Waals surface area contributed by atoms with Gasteiger partial charge < -0.3 is 14.8 Å². The molecule has 0 unspecified atom stereocenters. The Kier molecular flexibility index (Phi) is 6.46. The van der Waals surface area contributed by atoms with Crippen molar-refractivity contribution in [3.63, 3.8) is 0 Å². The maximum Gasteiger partial charge on any atom is 0.232 e. The Hall–Kier alpha value is -2.74. The zero-order valence-corrected chi connectivity index (χ0v) is 15.7. The van der Waals surface area contributed by atoms with Gasteiger partial charge in [0.15, 0.2) is 0 Å². The first-order valence-electron chi connectivity index (χ1n) is 7.90. The molecule has 1 N–H and O–H groups in total. The largest absolute Gasteiger partial charge is 0.497 e. The topological polar surface area (TPSA) is 84.9 Å². The Bertz CT molecular complexity index is 867. The maximum atomic E-state index is 12.3. The minimum absolute atomic E-state index is 0.00693. The fourth-order valence-corrected chi connectivity index (χ4v) is 3.34. The number of hydrogen-bond donors (Lipinski definition) is 1. The molecule has 0 saturated carbocycles. The van der Waals surface area contributed by atoms with E-state index in [1.165, 1.54) is 18.5 Å². The van der Waals surface area contributed by atoms with Crippen molar-refractivity contribution < 1.29 is 22.7 Å². The van der Waals surface area contributed by atoms with Crippen LogP contribution in [0.3, 0.4) is 0 Å². The molecule has 0 spiro atoms. The molecule has 0 aliphatic rings. The van der Waals surface area contributed by atoms with Crippen molar-refractivity contribution in [2.24, 2.45) is 0 Å².